The normalized spacial score (nSPS) is 10.3. The molecule has 0 radical (unpaired) electrons. The van der Waals surface area contributed by atoms with Crippen LogP contribution in [0.1, 0.15) is 5.56 Å². The molecule has 0 atom stereocenters. The first-order valence-electron chi connectivity index (χ1n) is 6.73. The topological polar surface area (TPSA) is 26.3 Å². The van der Waals surface area contributed by atoms with Gasteiger partial charge in [0, 0.05) is 0 Å². The highest BCUT2D eigenvalue weighted by Crippen LogP contribution is 2.06. The first kappa shape index (κ1) is 20.2. The molecule has 2 rings (SSSR count). The number of halogens is 5. The fourth-order valence-electron chi connectivity index (χ4n) is 1.45. The first-order valence-corrected chi connectivity index (χ1v) is 8.88. The molecule has 0 saturated heterocycles. The minimum absolute atomic E-state index is 0.291. The lowest BCUT2D eigenvalue weighted by molar-refractivity contribution is -0.571. The van der Waals surface area contributed by atoms with Gasteiger partial charge in [-0.2, -0.15) is 0 Å². The number of ether oxygens (including phenoxy) is 1. The van der Waals surface area contributed by atoms with Gasteiger partial charge in [-0.05, 0) is 24.3 Å². The van der Waals surface area contributed by atoms with Crippen LogP contribution in [-0.2, 0) is 16.1 Å². The highest BCUT2D eigenvalue weighted by molar-refractivity contribution is 6.50. The Morgan fingerprint density at radius 3 is 1.92 bits per heavy atom. The van der Waals surface area contributed by atoms with Gasteiger partial charge in [0.1, 0.15) is 6.61 Å². The van der Waals surface area contributed by atoms with Crippen molar-refractivity contribution in [1.29, 1.82) is 0 Å². The smallest absolute Gasteiger partial charge is 0.454 e. The Morgan fingerprint density at radius 1 is 0.958 bits per heavy atom. The van der Waals surface area contributed by atoms with E-state index in [-0.39, 0.29) is 5.97 Å². The van der Waals surface area contributed by atoms with E-state index in [9.17, 15) is 22.1 Å². The first-order chi connectivity index (χ1) is 11.3. The largest absolute Gasteiger partial charge is 0.673 e. The van der Waals surface area contributed by atoms with Crippen molar-refractivity contribution in [3.05, 3.63) is 80.0 Å². The summed E-state index contributed by atoms with van der Waals surface area (Å²) in [7, 11) is -6.00. The van der Waals surface area contributed by atoms with E-state index in [4.69, 9.17) is 4.74 Å². The molecule has 2 aromatic rings. The van der Waals surface area contributed by atoms with Crippen LogP contribution in [0.25, 0.3) is 0 Å². The molecular weight excluding hydrogens is 438 g/mol. The molecule has 8 heteroatoms. The number of rotatable bonds is 5. The third kappa shape index (κ3) is 10.0. The molecule has 0 fully saturated rings. The molecule has 0 N–H and O–H groups in total. The van der Waals surface area contributed by atoms with Crippen LogP contribution < -0.4 is 21.2 Å². The zero-order valence-electron chi connectivity index (χ0n) is 12.5. The van der Waals surface area contributed by atoms with Gasteiger partial charge < -0.3 is 22.0 Å². The Balaban J connectivity index is 0.000000505. The van der Waals surface area contributed by atoms with E-state index in [2.05, 4.69) is 6.58 Å². The van der Waals surface area contributed by atoms with Gasteiger partial charge in [0.2, 0.25) is 0 Å². The van der Waals surface area contributed by atoms with Gasteiger partial charge in [-0.3, -0.25) is 0 Å². The zero-order valence-corrected chi connectivity index (χ0v) is 14.6. The Labute approximate surface area is 147 Å². The molecule has 0 spiro atoms. The molecule has 0 saturated carbocycles. The number of hydrogen-bond acceptors (Lipinski definition) is 2. The van der Waals surface area contributed by atoms with Crippen LogP contribution in [0.15, 0.2) is 70.8 Å². The molecule has 0 unspecified atom stereocenters. The number of carbonyl (C=O) groups excluding carboxylic acids is 1. The number of carbonyl (C=O) groups is 1. The van der Waals surface area contributed by atoms with E-state index in [0.29, 0.717) is 10.2 Å². The van der Waals surface area contributed by atoms with E-state index in [0.717, 1.165) is 5.56 Å². The Kier molecular flexibility index (Phi) is 8.52. The predicted octanol–water partition coefficient (Wildman–Crippen LogP) is 1.50. The molecule has 24 heavy (non-hydrogen) atoms. The minimum Gasteiger partial charge on any atom is -0.454 e. The Morgan fingerprint density at radius 2 is 1.42 bits per heavy atom. The summed E-state index contributed by atoms with van der Waals surface area (Å²) < 4.78 is 46.0. The summed E-state index contributed by atoms with van der Waals surface area (Å²) >= 11 is -0.528. The molecule has 0 amide bonds. The van der Waals surface area contributed by atoms with Gasteiger partial charge >= 0.3 is 34.4 Å². The summed E-state index contributed by atoms with van der Waals surface area (Å²) in [5.74, 6) is -0.291. The molecule has 0 aromatic heterocycles. The molecule has 0 aliphatic carbocycles. The van der Waals surface area contributed by atoms with Gasteiger partial charge in [0.15, 0.2) is 3.57 Å². The minimum atomic E-state index is -6.00. The molecule has 2 aromatic carbocycles. The van der Waals surface area contributed by atoms with Crippen LogP contribution in [-0.4, -0.2) is 13.2 Å². The molecule has 128 valence electrons. The molecular formula is C16H14BF4IO2. The average molecular weight is 452 g/mol. The van der Waals surface area contributed by atoms with Crippen LogP contribution in [0.2, 0.25) is 0 Å². The van der Waals surface area contributed by atoms with Gasteiger partial charge in [-0.25, -0.2) is 4.79 Å². The highest BCUT2D eigenvalue weighted by atomic mass is 127. The molecule has 0 aliphatic heterocycles. The van der Waals surface area contributed by atoms with Gasteiger partial charge in [-0.1, -0.05) is 48.5 Å². The van der Waals surface area contributed by atoms with E-state index < -0.39 is 28.5 Å². The molecule has 2 nitrogen and oxygen atoms in total. The summed E-state index contributed by atoms with van der Waals surface area (Å²) in [5.41, 5.74) is 0.988. The third-order valence-corrected chi connectivity index (χ3v) is 4.82. The van der Waals surface area contributed by atoms with Crippen molar-refractivity contribution in [3.63, 3.8) is 0 Å². The van der Waals surface area contributed by atoms with Crippen LogP contribution in [0.3, 0.4) is 0 Å². The van der Waals surface area contributed by atoms with Crippen LogP contribution in [0.4, 0.5) is 17.3 Å². The van der Waals surface area contributed by atoms with Gasteiger partial charge in [0.25, 0.3) is 3.58 Å². The lowest BCUT2D eigenvalue weighted by Gasteiger charge is -2.01. The van der Waals surface area contributed by atoms with E-state index >= 15 is 0 Å². The number of benzene rings is 2. The summed E-state index contributed by atoms with van der Waals surface area (Å²) in [4.78, 5) is 11.8. The molecule has 0 bridgehead atoms. The van der Waals surface area contributed by atoms with Crippen LogP contribution in [0.5, 0.6) is 0 Å². The number of hydrogen-bond donors (Lipinski definition) is 0. The number of esters is 1. The van der Waals surface area contributed by atoms with Crippen molar-refractivity contribution >= 4 is 13.2 Å². The van der Waals surface area contributed by atoms with E-state index in [1.54, 1.807) is 0 Å². The maximum Gasteiger partial charge on any atom is 0.673 e. The summed E-state index contributed by atoms with van der Waals surface area (Å²) in [5, 5.41) is 0. The molecule has 0 aliphatic rings. The maximum atomic E-state index is 11.8. The van der Waals surface area contributed by atoms with Crippen molar-refractivity contribution in [2.45, 2.75) is 6.61 Å². The standard InChI is InChI=1S/C16H14IO2.BF4/c1-13(17-15-10-6-3-7-11-15)16(18)19-12-14-8-4-2-5-9-14;2-1(3,4)5/h2-11H,1,12H2;/q+1;-1. The van der Waals surface area contributed by atoms with E-state index in [1.165, 1.54) is 3.57 Å². The van der Waals surface area contributed by atoms with Crippen molar-refractivity contribution in [1.82, 2.24) is 0 Å². The Bertz CT molecular complexity index is 642. The zero-order chi connectivity index (χ0) is 18.0. The lowest BCUT2D eigenvalue weighted by atomic mass is 10.2. The van der Waals surface area contributed by atoms with Crippen LogP contribution in [0, 0.1) is 3.57 Å². The van der Waals surface area contributed by atoms with Crippen molar-refractivity contribution in [2.24, 2.45) is 0 Å². The van der Waals surface area contributed by atoms with Gasteiger partial charge in [0.05, 0.1) is 0 Å². The van der Waals surface area contributed by atoms with Gasteiger partial charge in [-0.15, -0.1) is 0 Å². The second-order valence-corrected chi connectivity index (χ2v) is 7.44. The average Bonchev–Trinajstić information content (AvgIpc) is 2.53. The SMILES string of the molecule is C=C([I+]c1ccccc1)C(=O)OCc1ccccc1.F[B-](F)(F)F. The molecule has 0 heterocycles. The maximum absolute atomic E-state index is 11.8. The fourth-order valence-corrected chi connectivity index (χ4v) is 3.35. The van der Waals surface area contributed by atoms with Crippen molar-refractivity contribution in [3.8, 4) is 0 Å². The lowest BCUT2D eigenvalue weighted by Crippen LogP contribution is -3.61. The van der Waals surface area contributed by atoms with Crippen LogP contribution >= 0.6 is 0 Å². The second-order valence-electron chi connectivity index (χ2n) is 4.35. The summed E-state index contributed by atoms with van der Waals surface area (Å²) in [6, 6.07) is 19.6. The Hall–Kier alpha value is -1.84. The quantitative estimate of drug-likeness (QED) is 0.226. The predicted molar refractivity (Wildman–Crippen MR) is 80.7 cm³/mol. The van der Waals surface area contributed by atoms with Crippen molar-refractivity contribution < 1.29 is 48.0 Å². The second kappa shape index (κ2) is 10.1. The summed E-state index contributed by atoms with van der Waals surface area (Å²) in [6.45, 7) is 4.14. The highest BCUT2D eigenvalue weighted by Gasteiger charge is 2.25. The van der Waals surface area contributed by atoms with Crippen molar-refractivity contribution in [2.75, 3.05) is 0 Å². The monoisotopic (exact) mass is 452 g/mol. The fraction of sp³-hybridized carbons (Fsp3) is 0.0625. The van der Waals surface area contributed by atoms with E-state index in [1.807, 2.05) is 60.7 Å². The third-order valence-electron chi connectivity index (χ3n) is 2.39. The summed E-state index contributed by atoms with van der Waals surface area (Å²) in [6.07, 6.45) is 0.